The number of aromatic nitrogens is 1. The Morgan fingerprint density at radius 1 is 1.13 bits per heavy atom. The van der Waals surface area contributed by atoms with Gasteiger partial charge in [0.25, 0.3) is 0 Å². The summed E-state index contributed by atoms with van der Waals surface area (Å²) in [6.45, 7) is 6.74. The van der Waals surface area contributed by atoms with Crippen molar-refractivity contribution in [2.45, 2.75) is 107 Å². The first kappa shape index (κ1) is 42.7. The Bertz CT molecular complexity index is 2390. The molecule has 1 unspecified atom stereocenters. The summed E-state index contributed by atoms with van der Waals surface area (Å²) in [5, 5.41) is 25.2. The Balaban J connectivity index is 0.998. The van der Waals surface area contributed by atoms with Gasteiger partial charge < -0.3 is 29.7 Å². The predicted molar refractivity (Wildman–Crippen MR) is 231 cm³/mol. The molecule has 6 atom stereocenters. The van der Waals surface area contributed by atoms with Crippen LogP contribution in [-0.4, -0.2) is 90.3 Å². The molecule has 1 amide bonds. The quantitative estimate of drug-likeness (QED) is 0.107. The highest BCUT2D eigenvalue weighted by atomic mass is 32.2. The van der Waals surface area contributed by atoms with Crippen molar-refractivity contribution in [2.75, 3.05) is 26.3 Å². The number of benzene rings is 2. The van der Waals surface area contributed by atoms with Crippen molar-refractivity contribution in [3.05, 3.63) is 104 Å². The minimum atomic E-state index is -4.14. The zero-order chi connectivity index (χ0) is 42.2. The van der Waals surface area contributed by atoms with Gasteiger partial charge in [0, 0.05) is 28.8 Å². The number of thiazole rings is 1. The van der Waals surface area contributed by atoms with Crippen molar-refractivity contribution in [1.29, 1.82) is 0 Å². The van der Waals surface area contributed by atoms with Gasteiger partial charge in [-0.2, -0.15) is 4.31 Å². The van der Waals surface area contributed by atoms with Gasteiger partial charge in [0.1, 0.15) is 6.10 Å². The van der Waals surface area contributed by atoms with Gasteiger partial charge in [-0.15, -0.1) is 22.7 Å². The number of rotatable bonds is 15. The second-order valence-electron chi connectivity index (χ2n) is 17.4. The number of nitrogens with one attached hydrogen (secondary N) is 1. The van der Waals surface area contributed by atoms with Crippen LogP contribution >= 0.6 is 22.7 Å². The first-order valence-corrected chi connectivity index (χ1v) is 23.9. The third-order valence-electron chi connectivity index (χ3n) is 12.5. The average molecular weight is 876 g/mol. The smallest absolute Gasteiger partial charge is 0.407 e. The van der Waals surface area contributed by atoms with Crippen LogP contribution in [0.3, 0.4) is 0 Å². The number of sulfonamides is 1. The summed E-state index contributed by atoms with van der Waals surface area (Å²) >= 11 is 2.98. The molecule has 320 valence electrons. The van der Waals surface area contributed by atoms with Crippen molar-refractivity contribution >= 4 is 55.0 Å². The molecule has 2 aliphatic heterocycles. The van der Waals surface area contributed by atoms with Crippen LogP contribution in [0.5, 0.6) is 0 Å². The third-order valence-corrected chi connectivity index (χ3v) is 16.6. The molecule has 4 aromatic rings. The number of aryl methyl sites for hydroxylation is 1. The molecule has 0 spiro atoms. The summed E-state index contributed by atoms with van der Waals surface area (Å²) in [6, 6.07) is 13.3. The van der Waals surface area contributed by atoms with E-state index in [4.69, 9.17) is 14.2 Å². The fraction of sp³-hybridized carbons (Fsp3) is 0.489. The number of hydrogen-bond acceptors (Lipinski definition) is 11. The maximum atomic E-state index is 14.5. The van der Waals surface area contributed by atoms with Gasteiger partial charge in [0.2, 0.25) is 10.0 Å². The Morgan fingerprint density at radius 2 is 1.95 bits per heavy atom. The molecule has 0 bridgehead atoms. The van der Waals surface area contributed by atoms with Crippen molar-refractivity contribution in [2.24, 2.45) is 11.3 Å². The van der Waals surface area contributed by atoms with Crippen molar-refractivity contribution < 1.29 is 42.4 Å². The molecule has 2 fully saturated rings. The van der Waals surface area contributed by atoms with E-state index in [-0.39, 0.29) is 48.3 Å². The maximum absolute atomic E-state index is 14.5. The van der Waals surface area contributed by atoms with E-state index in [1.165, 1.54) is 20.5 Å². The molecule has 0 saturated carbocycles. The number of aliphatic hydroxyl groups is 1. The van der Waals surface area contributed by atoms with Crippen LogP contribution in [-0.2, 0) is 43.5 Å². The number of allylic oxidation sites excluding steroid dienone is 4. The van der Waals surface area contributed by atoms with E-state index in [1.807, 2.05) is 49.4 Å². The number of carbonyl (C=O) groups excluding carboxylic acids is 1. The number of nitrogens with zero attached hydrogens (tertiary/aromatic N) is 2. The van der Waals surface area contributed by atoms with E-state index >= 15 is 0 Å². The van der Waals surface area contributed by atoms with E-state index < -0.39 is 46.1 Å². The molecule has 2 aromatic carbocycles. The molecule has 0 radical (unpaired) electrons. The molecule has 2 saturated heterocycles. The first-order chi connectivity index (χ1) is 28.7. The Labute approximate surface area is 359 Å². The minimum absolute atomic E-state index is 0.0503. The molecule has 4 aliphatic rings. The Hall–Kier alpha value is -3.96. The van der Waals surface area contributed by atoms with Gasteiger partial charge in [0.05, 0.1) is 57.5 Å². The van der Waals surface area contributed by atoms with E-state index in [0.29, 0.717) is 43.4 Å². The number of aromatic carboxylic acids is 1. The highest BCUT2D eigenvalue weighted by Crippen LogP contribution is 2.46. The summed E-state index contributed by atoms with van der Waals surface area (Å²) < 4.78 is 48.6. The van der Waals surface area contributed by atoms with E-state index in [0.717, 1.165) is 45.5 Å². The lowest BCUT2D eigenvalue weighted by atomic mass is 9.75. The maximum Gasteiger partial charge on any atom is 0.407 e. The van der Waals surface area contributed by atoms with Crippen LogP contribution in [0, 0.1) is 11.3 Å². The number of amides is 1. The number of hydrogen-bond donors (Lipinski definition) is 3. The standard InChI is InChI=1S/C45H53N3O9S3/c1-44(2)18-16-38-32(24-44)40(42(50)51)41(59-38)30-13-7-11-28(21-30)12-8-19-48(60(53,54)31-14-15-34-39(23-31)58-27-46-34)25-36(49)35(22-29-9-5-4-6-10-29)47-43(52)57-37-26-56-45(3)33(37)17-20-55-45/h4-7,9-11,13-15,23,27,30,33,35-37,49H,8,12,16-22,24-26H2,1-3H3,(H,47,52)(H,50,51)/t30?,33-,35-,36+,37-,45+/m0/s1. The van der Waals surface area contributed by atoms with Crippen LogP contribution in [0.1, 0.15) is 90.0 Å². The lowest BCUT2D eigenvalue weighted by Gasteiger charge is -2.30. The number of alkyl carbamates (subject to hydrolysis) is 1. The van der Waals surface area contributed by atoms with Gasteiger partial charge in [-0.3, -0.25) is 0 Å². The first-order valence-electron chi connectivity index (χ1n) is 20.7. The lowest BCUT2D eigenvalue weighted by Crippen LogP contribution is -2.51. The molecule has 2 aromatic heterocycles. The fourth-order valence-corrected chi connectivity index (χ4v) is 12.9. The highest BCUT2D eigenvalue weighted by Gasteiger charge is 2.53. The lowest BCUT2D eigenvalue weighted by molar-refractivity contribution is -0.181. The van der Waals surface area contributed by atoms with Crippen LogP contribution in [0.2, 0.25) is 0 Å². The predicted octanol–water partition coefficient (Wildman–Crippen LogP) is 7.86. The number of aliphatic hydroxyl groups excluding tert-OH is 1. The largest absolute Gasteiger partial charge is 0.478 e. The van der Waals surface area contributed by atoms with Crippen molar-refractivity contribution in [1.82, 2.24) is 14.6 Å². The number of carbonyl (C=O) groups is 2. The molecule has 4 heterocycles. The zero-order valence-electron chi connectivity index (χ0n) is 34.2. The Kier molecular flexibility index (Phi) is 12.4. The normalized spacial score (nSPS) is 24.5. The fourth-order valence-electron chi connectivity index (χ4n) is 9.20. The number of thiophene rings is 1. The zero-order valence-corrected chi connectivity index (χ0v) is 36.6. The highest BCUT2D eigenvalue weighted by molar-refractivity contribution is 7.89. The van der Waals surface area contributed by atoms with Gasteiger partial charge >= 0.3 is 12.1 Å². The molecule has 60 heavy (non-hydrogen) atoms. The number of carboxylic acid groups (broad SMARTS) is 1. The van der Waals surface area contributed by atoms with E-state index in [2.05, 4.69) is 30.2 Å². The second-order valence-corrected chi connectivity index (χ2v) is 21.3. The van der Waals surface area contributed by atoms with Crippen LogP contribution in [0.15, 0.2) is 82.7 Å². The number of ether oxygens (including phenoxy) is 3. The van der Waals surface area contributed by atoms with Crippen molar-refractivity contribution in [3.8, 4) is 0 Å². The Morgan fingerprint density at radius 3 is 2.75 bits per heavy atom. The van der Waals surface area contributed by atoms with E-state index in [9.17, 15) is 28.2 Å². The van der Waals surface area contributed by atoms with Crippen LogP contribution < -0.4 is 5.32 Å². The summed E-state index contributed by atoms with van der Waals surface area (Å²) in [7, 11) is -4.14. The molecular formula is C45H53N3O9S3. The number of carboxylic acids is 1. The second kappa shape index (κ2) is 17.4. The molecule has 8 rings (SSSR count). The summed E-state index contributed by atoms with van der Waals surface area (Å²) in [5.41, 5.74) is 5.79. The van der Waals surface area contributed by atoms with Crippen LogP contribution in [0.25, 0.3) is 10.2 Å². The third kappa shape index (κ3) is 9.13. The summed E-state index contributed by atoms with van der Waals surface area (Å²) in [6.07, 6.45) is 8.77. The molecule has 12 nitrogen and oxygen atoms in total. The van der Waals surface area contributed by atoms with Gasteiger partial charge in [0.15, 0.2) is 5.79 Å². The van der Waals surface area contributed by atoms with Gasteiger partial charge in [-0.1, -0.05) is 68.0 Å². The number of fused-ring (bicyclic) bond motifs is 3. The molecule has 3 N–H and O–H groups in total. The van der Waals surface area contributed by atoms with Crippen molar-refractivity contribution in [3.63, 3.8) is 0 Å². The molecule has 2 aliphatic carbocycles. The summed E-state index contributed by atoms with van der Waals surface area (Å²) in [5.74, 6) is -1.90. The SMILES string of the molecule is CC1(C)CCc2sc(C3C=CC=C(CCCN(C[C@@H](O)[C@H](Cc4ccccc4)NC(=O)O[C@H]4CO[C@@]5(C)OCC[C@@H]45)S(=O)(=O)c4ccc5ncsc5c4)C3)c(C(=O)O)c2C1. The average Bonchev–Trinajstić information content (AvgIpc) is 4.00. The molecule has 15 heteroatoms. The monoisotopic (exact) mass is 875 g/mol. The van der Waals surface area contributed by atoms with Gasteiger partial charge in [-0.05, 0) is 93.0 Å². The summed E-state index contributed by atoms with van der Waals surface area (Å²) in [4.78, 5) is 32.6. The molecular weight excluding hydrogens is 823 g/mol. The van der Waals surface area contributed by atoms with Gasteiger partial charge in [-0.25, -0.2) is 23.0 Å². The minimum Gasteiger partial charge on any atom is -0.478 e. The van der Waals surface area contributed by atoms with E-state index in [1.54, 1.807) is 35.0 Å². The topological polar surface area (TPSA) is 165 Å². The van der Waals surface area contributed by atoms with Crippen LogP contribution in [0.4, 0.5) is 4.79 Å².